The van der Waals surface area contributed by atoms with E-state index in [1.54, 1.807) is 6.92 Å². The zero-order valence-electron chi connectivity index (χ0n) is 20.9. The van der Waals surface area contributed by atoms with Crippen molar-refractivity contribution in [2.75, 3.05) is 57.7 Å². The molecule has 3 amide bonds. The lowest BCUT2D eigenvalue weighted by Crippen LogP contribution is -2.46. The summed E-state index contributed by atoms with van der Waals surface area (Å²) < 4.78 is 37.5. The van der Waals surface area contributed by atoms with Crippen molar-refractivity contribution in [3.63, 3.8) is 0 Å². The highest BCUT2D eigenvalue weighted by Gasteiger charge is 2.23. The van der Waals surface area contributed by atoms with Gasteiger partial charge in [0.25, 0.3) is 5.91 Å². The van der Waals surface area contributed by atoms with Crippen molar-refractivity contribution >= 4 is 28.5 Å². The van der Waals surface area contributed by atoms with E-state index in [0.717, 1.165) is 70.1 Å². The van der Waals surface area contributed by atoms with Crippen molar-refractivity contribution in [2.24, 2.45) is 5.73 Å². The second kappa shape index (κ2) is 14.2. The Labute approximate surface area is 218 Å². The van der Waals surface area contributed by atoms with Gasteiger partial charge in [0, 0.05) is 45.9 Å². The third-order valence-corrected chi connectivity index (χ3v) is 6.80. The first-order valence-corrected chi connectivity index (χ1v) is 13.0. The standard InChI is InChI=1S/C24H34F2N6O4S/c1-16-13-18(25)17(19(26)14-16)15-36-22-20(21(27)34)23(37-30-22)29-24(35)28-5-2-3-6-31-8-10-32(11-9-31)7-4-12-33/h13-14,33H,2-12,15H2,1H3,(H2,27,34)(H2,28,29,35). The molecule has 0 spiro atoms. The Morgan fingerprint density at radius 2 is 1.73 bits per heavy atom. The minimum atomic E-state index is -0.889. The summed E-state index contributed by atoms with van der Waals surface area (Å²) in [5.74, 6) is -2.64. The molecule has 0 atom stereocenters. The number of carbonyl (C=O) groups is 2. The Kier molecular flexibility index (Phi) is 11.0. The van der Waals surface area contributed by atoms with Gasteiger partial charge < -0.3 is 30.7 Å². The zero-order chi connectivity index (χ0) is 26.8. The minimum Gasteiger partial charge on any atom is -0.471 e. The molecule has 1 aromatic carbocycles. The molecule has 0 saturated carbocycles. The van der Waals surface area contributed by atoms with Crippen LogP contribution in [0.1, 0.15) is 40.7 Å². The number of nitrogens with zero attached hydrogens (tertiary/aromatic N) is 3. The summed E-state index contributed by atoms with van der Waals surface area (Å²) in [4.78, 5) is 29.0. The highest BCUT2D eigenvalue weighted by Crippen LogP contribution is 2.31. The fraction of sp³-hybridized carbons (Fsp3) is 0.542. The van der Waals surface area contributed by atoms with Crippen molar-refractivity contribution < 1.29 is 28.2 Å². The molecule has 10 nitrogen and oxygen atoms in total. The monoisotopic (exact) mass is 540 g/mol. The Hall–Kier alpha value is -2.87. The first kappa shape index (κ1) is 28.7. The molecule has 13 heteroatoms. The Bertz CT molecular complexity index is 1040. The first-order valence-electron chi connectivity index (χ1n) is 12.3. The van der Waals surface area contributed by atoms with E-state index < -0.39 is 30.2 Å². The Morgan fingerprint density at radius 3 is 2.32 bits per heavy atom. The maximum absolute atomic E-state index is 14.1. The number of nitrogens with two attached hydrogens (primary N) is 1. The minimum absolute atomic E-state index is 0.0870. The van der Waals surface area contributed by atoms with Crippen molar-refractivity contribution in [1.29, 1.82) is 0 Å². The largest absolute Gasteiger partial charge is 0.471 e. The number of halogens is 2. The Balaban J connectivity index is 1.41. The van der Waals surface area contributed by atoms with Crippen LogP contribution in [-0.2, 0) is 6.61 Å². The summed E-state index contributed by atoms with van der Waals surface area (Å²) in [5, 5.41) is 14.3. The van der Waals surface area contributed by atoms with Crippen LogP contribution in [0.4, 0.5) is 18.6 Å². The number of benzene rings is 1. The summed E-state index contributed by atoms with van der Waals surface area (Å²) in [6, 6.07) is 1.83. The van der Waals surface area contributed by atoms with Gasteiger partial charge in [0.05, 0.1) is 5.56 Å². The number of ether oxygens (including phenoxy) is 1. The molecule has 5 N–H and O–H groups in total. The summed E-state index contributed by atoms with van der Waals surface area (Å²) in [6.07, 6.45) is 2.51. The molecule has 1 aromatic heterocycles. The zero-order valence-corrected chi connectivity index (χ0v) is 21.7. The van der Waals surface area contributed by atoms with Crippen LogP contribution in [0.3, 0.4) is 0 Å². The number of amides is 3. The summed E-state index contributed by atoms with van der Waals surface area (Å²) in [7, 11) is 0. The van der Waals surface area contributed by atoms with E-state index in [9.17, 15) is 18.4 Å². The van der Waals surface area contributed by atoms with Gasteiger partial charge in [-0.2, -0.15) is 4.37 Å². The van der Waals surface area contributed by atoms with Gasteiger partial charge in [0.2, 0.25) is 5.88 Å². The molecule has 37 heavy (non-hydrogen) atoms. The van der Waals surface area contributed by atoms with Crippen molar-refractivity contribution in [1.82, 2.24) is 19.5 Å². The van der Waals surface area contributed by atoms with E-state index in [4.69, 9.17) is 15.6 Å². The second-order valence-corrected chi connectivity index (χ2v) is 9.67. The lowest BCUT2D eigenvalue weighted by molar-refractivity contribution is 0.0996. The number of aliphatic hydroxyl groups excluding tert-OH is 1. The third-order valence-electron chi connectivity index (χ3n) is 6.06. The summed E-state index contributed by atoms with van der Waals surface area (Å²) in [5.41, 5.74) is 5.40. The molecule has 0 bridgehead atoms. The number of primary amides is 1. The van der Waals surface area contributed by atoms with Crippen molar-refractivity contribution in [2.45, 2.75) is 32.8 Å². The van der Waals surface area contributed by atoms with Crippen LogP contribution < -0.4 is 21.1 Å². The number of carbonyl (C=O) groups excluding carboxylic acids is 2. The van der Waals surface area contributed by atoms with Gasteiger partial charge in [-0.1, -0.05) is 0 Å². The average molecular weight is 541 g/mol. The molecule has 204 valence electrons. The number of urea groups is 1. The van der Waals surface area contributed by atoms with Crippen LogP contribution in [0.15, 0.2) is 12.1 Å². The van der Waals surface area contributed by atoms with Crippen LogP contribution in [0.5, 0.6) is 5.88 Å². The van der Waals surface area contributed by atoms with Gasteiger partial charge in [0.15, 0.2) is 0 Å². The fourth-order valence-corrected chi connectivity index (χ4v) is 4.76. The van der Waals surface area contributed by atoms with E-state index in [0.29, 0.717) is 12.1 Å². The lowest BCUT2D eigenvalue weighted by atomic mass is 10.1. The SMILES string of the molecule is Cc1cc(F)c(COc2nsc(NC(=O)NCCCCN3CCN(CCCO)CC3)c2C(N)=O)c(F)c1. The maximum atomic E-state index is 14.1. The number of hydrogen-bond acceptors (Lipinski definition) is 8. The third kappa shape index (κ3) is 8.59. The smallest absolute Gasteiger partial charge is 0.319 e. The van der Waals surface area contributed by atoms with Gasteiger partial charge in [-0.15, -0.1) is 0 Å². The van der Waals surface area contributed by atoms with E-state index in [2.05, 4.69) is 24.8 Å². The van der Waals surface area contributed by atoms with E-state index in [-0.39, 0.29) is 28.6 Å². The van der Waals surface area contributed by atoms with E-state index in [1.165, 1.54) is 12.1 Å². The molecule has 0 unspecified atom stereocenters. The highest BCUT2D eigenvalue weighted by atomic mass is 32.1. The van der Waals surface area contributed by atoms with Gasteiger partial charge in [-0.05, 0) is 62.0 Å². The van der Waals surface area contributed by atoms with Gasteiger partial charge in [-0.25, -0.2) is 13.6 Å². The number of rotatable bonds is 13. The number of nitrogens with one attached hydrogen (secondary N) is 2. The topological polar surface area (TPSA) is 133 Å². The fourth-order valence-electron chi connectivity index (χ4n) is 4.03. The molecular weight excluding hydrogens is 506 g/mol. The number of piperazine rings is 1. The number of aliphatic hydroxyl groups is 1. The molecule has 1 aliphatic rings. The highest BCUT2D eigenvalue weighted by molar-refractivity contribution is 7.11. The molecule has 1 saturated heterocycles. The van der Waals surface area contributed by atoms with Gasteiger partial charge >= 0.3 is 6.03 Å². The quantitative estimate of drug-likeness (QED) is 0.287. The van der Waals surface area contributed by atoms with Crippen molar-refractivity contribution in [3.05, 3.63) is 40.5 Å². The molecule has 3 rings (SSSR count). The lowest BCUT2D eigenvalue weighted by Gasteiger charge is -2.34. The predicted molar refractivity (Wildman–Crippen MR) is 137 cm³/mol. The van der Waals surface area contributed by atoms with Crippen molar-refractivity contribution in [3.8, 4) is 5.88 Å². The number of anilines is 1. The van der Waals surface area contributed by atoms with Crippen LogP contribution in [0, 0.1) is 18.6 Å². The maximum Gasteiger partial charge on any atom is 0.319 e. The summed E-state index contributed by atoms with van der Waals surface area (Å²) in [6.45, 7) is 7.60. The van der Waals surface area contributed by atoms with Crippen LogP contribution in [0.2, 0.25) is 0 Å². The predicted octanol–water partition coefficient (Wildman–Crippen LogP) is 2.31. The molecule has 0 radical (unpaired) electrons. The number of hydrogen-bond donors (Lipinski definition) is 4. The molecule has 1 aliphatic heterocycles. The number of aromatic nitrogens is 1. The number of unbranched alkanes of at least 4 members (excludes halogenated alkanes) is 1. The summed E-state index contributed by atoms with van der Waals surface area (Å²) >= 11 is 0.786. The molecule has 2 aromatic rings. The van der Waals surface area contributed by atoms with Crippen LogP contribution in [0.25, 0.3) is 0 Å². The van der Waals surface area contributed by atoms with E-state index in [1.807, 2.05) is 0 Å². The van der Waals surface area contributed by atoms with E-state index >= 15 is 0 Å². The molecular formula is C24H34F2N6O4S. The molecule has 2 heterocycles. The van der Waals surface area contributed by atoms with Crippen LogP contribution in [-0.4, -0.2) is 83.6 Å². The average Bonchev–Trinajstić information content (AvgIpc) is 3.25. The first-order chi connectivity index (χ1) is 17.8. The number of aryl methyl sites for hydroxylation is 1. The second-order valence-electron chi connectivity index (χ2n) is 8.90. The van der Waals surface area contributed by atoms with Gasteiger partial charge in [0.1, 0.15) is 28.8 Å². The van der Waals surface area contributed by atoms with Crippen LogP contribution >= 0.6 is 11.5 Å². The Morgan fingerprint density at radius 1 is 1.11 bits per heavy atom. The molecule has 0 aliphatic carbocycles. The van der Waals surface area contributed by atoms with Gasteiger partial charge in [-0.3, -0.25) is 10.1 Å². The normalized spacial score (nSPS) is 14.5. The molecule has 1 fully saturated rings.